The van der Waals surface area contributed by atoms with Gasteiger partial charge in [-0.3, -0.25) is 0 Å². The molecule has 1 aliphatic rings. The largest absolute Gasteiger partial charge is 0.444 e. The molecule has 1 saturated heterocycles. The molecule has 0 aromatic heterocycles. The third kappa shape index (κ3) is 5.23. The van der Waals surface area contributed by atoms with Crippen LogP contribution in [0.15, 0.2) is 0 Å². The molecule has 0 saturated carbocycles. The fraction of sp³-hybridized carbons (Fsp3) is 0.938. The molecule has 0 aromatic carbocycles. The Morgan fingerprint density at radius 1 is 1.23 bits per heavy atom. The second kappa shape index (κ2) is 6.81. The van der Waals surface area contributed by atoms with Crippen molar-refractivity contribution >= 4 is 30.3 Å². The average molecular weight is 394 g/mol. The molecular weight excluding hydrogens is 362 g/mol. The molecule has 22 heavy (non-hydrogen) atoms. The van der Waals surface area contributed by atoms with Crippen LogP contribution in [0.3, 0.4) is 0 Å². The maximum Gasteiger partial charge on any atom is 0.410 e. The number of halogens is 1. The van der Waals surface area contributed by atoms with Gasteiger partial charge in [0.05, 0.1) is 6.10 Å². The van der Waals surface area contributed by atoms with E-state index in [4.69, 9.17) is 9.16 Å². The summed E-state index contributed by atoms with van der Waals surface area (Å²) in [5.41, 5.74) is -0.466. The van der Waals surface area contributed by atoms with Gasteiger partial charge in [0.2, 0.25) is 0 Å². The summed E-state index contributed by atoms with van der Waals surface area (Å²) in [5.74, 6) is 0. The zero-order chi connectivity index (χ0) is 17.3. The number of nitrogens with zero attached hydrogens (tertiary/aromatic N) is 1. The second-order valence-corrected chi connectivity index (χ2v) is 14.1. The van der Waals surface area contributed by atoms with E-state index in [1.807, 2.05) is 25.7 Å². The second-order valence-electron chi connectivity index (χ2n) is 8.68. The summed E-state index contributed by atoms with van der Waals surface area (Å²) in [5, 5.41) is 0.930. The topological polar surface area (TPSA) is 38.8 Å². The van der Waals surface area contributed by atoms with E-state index in [2.05, 4.69) is 49.8 Å². The molecule has 1 amide bonds. The Hall–Kier alpha value is -0.0731. The number of carbonyl (C=O) groups excluding carboxylic acids is 1. The lowest BCUT2D eigenvalue weighted by Gasteiger charge is -2.38. The summed E-state index contributed by atoms with van der Waals surface area (Å²) in [6.07, 6.45) is 0.742. The molecule has 2 atom stereocenters. The van der Waals surface area contributed by atoms with Crippen LogP contribution in [0.4, 0.5) is 4.79 Å². The van der Waals surface area contributed by atoms with E-state index in [1.54, 1.807) is 0 Å². The average Bonchev–Trinajstić information content (AvgIpc) is 2.67. The normalized spacial score (nSPS) is 23.8. The van der Waals surface area contributed by atoms with E-state index in [0.717, 1.165) is 11.8 Å². The highest BCUT2D eigenvalue weighted by atomic mass is 79.9. The number of ether oxygens (including phenoxy) is 1. The van der Waals surface area contributed by atoms with Crippen LogP contribution in [0.5, 0.6) is 0 Å². The number of likely N-dealkylation sites (tertiary alicyclic amines) is 1. The van der Waals surface area contributed by atoms with Gasteiger partial charge in [0, 0.05) is 17.9 Å². The number of carbonyl (C=O) groups is 1. The van der Waals surface area contributed by atoms with Crippen molar-refractivity contribution in [3.63, 3.8) is 0 Å². The Morgan fingerprint density at radius 3 is 2.18 bits per heavy atom. The molecule has 1 aliphatic heterocycles. The SMILES string of the molecule is CC(C)(C)OC(=O)N1C[C@H](O[Si](C)(C)C(C)(C)C)C[C@H]1CBr. The van der Waals surface area contributed by atoms with Crippen molar-refractivity contribution in [1.82, 2.24) is 4.90 Å². The Labute approximate surface area is 145 Å². The number of hydrogen-bond donors (Lipinski definition) is 0. The van der Waals surface area contributed by atoms with Gasteiger partial charge in [-0.15, -0.1) is 0 Å². The summed E-state index contributed by atoms with van der Waals surface area (Å²) in [6, 6.07) is 0.143. The maximum atomic E-state index is 12.4. The quantitative estimate of drug-likeness (QED) is 0.511. The lowest BCUT2D eigenvalue weighted by Crippen LogP contribution is -2.45. The van der Waals surface area contributed by atoms with E-state index < -0.39 is 13.9 Å². The van der Waals surface area contributed by atoms with E-state index in [1.165, 1.54) is 0 Å². The third-order valence-corrected chi connectivity index (χ3v) is 9.73. The van der Waals surface area contributed by atoms with Crippen LogP contribution in [0.1, 0.15) is 48.0 Å². The van der Waals surface area contributed by atoms with Gasteiger partial charge in [-0.1, -0.05) is 36.7 Å². The fourth-order valence-corrected chi connectivity index (χ4v) is 4.21. The van der Waals surface area contributed by atoms with E-state index in [0.29, 0.717) is 6.54 Å². The van der Waals surface area contributed by atoms with Crippen LogP contribution in [-0.2, 0) is 9.16 Å². The molecule has 1 rings (SSSR count). The predicted molar refractivity (Wildman–Crippen MR) is 97.2 cm³/mol. The first-order valence-electron chi connectivity index (χ1n) is 8.00. The Morgan fingerprint density at radius 2 is 1.77 bits per heavy atom. The summed E-state index contributed by atoms with van der Waals surface area (Å²) in [4.78, 5) is 14.2. The molecule has 4 nitrogen and oxygen atoms in total. The van der Waals surface area contributed by atoms with Gasteiger partial charge < -0.3 is 14.1 Å². The van der Waals surface area contributed by atoms with Crippen LogP contribution in [0.2, 0.25) is 18.1 Å². The van der Waals surface area contributed by atoms with Crippen molar-refractivity contribution < 1.29 is 14.0 Å². The number of rotatable bonds is 3. The first-order chi connectivity index (χ1) is 9.77. The Bertz CT molecular complexity index is 401. The van der Waals surface area contributed by atoms with E-state index in [9.17, 15) is 4.79 Å². The van der Waals surface area contributed by atoms with Crippen molar-refractivity contribution in [1.29, 1.82) is 0 Å². The van der Waals surface area contributed by atoms with Crippen molar-refractivity contribution in [2.75, 3.05) is 11.9 Å². The highest BCUT2D eigenvalue weighted by molar-refractivity contribution is 9.09. The molecule has 1 fully saturated rings. The van der Waals surface area contributed by atoms with Gasteiger partial charge >= 0.3 is 6.09 Å². The number of amides is 1. The molecule has 0 unspecified atom stereocenters. The van der Waals surface area contributed by atoms with Gasteiger partial charge in [-0.2, -0.15) is 0 Å². The zero-order valence-electron chi connectivity index (χ0n) is 15.3. The molecule has 0 aliphatic carbocycles. The minimum atomic E-state index is -1.82. The van der Waals surface area contributed by atoms with Crippen molar-refractivity contribution in [2.45, 2.75) is 83.8 Å². The summed E-state index contributed by atoms with van der Waals surface area (Å²) in [6.45, 7) is 17.5. The molecular formula is C16H32BrNO3Si. The van der Waals surface area contributed by atoms with E-state index in [-0.39, 0.29) is 23.3 Å². The molecule has 0 N–H and O–H groups in total. The summed E-state index contributed by atoms with van der Waals surface area (Å²) < 4.78 is 12.0. The van der Waals surface area contributed by atoms with Crippen LogP contribution in [0.25, 0.3) is 0 Å². The third-order valence-electron chi connectivity index (χ3n) is 4.45. The number of alkyl halides is 1. The standard InChI is InChI=1S/C16H32BrNO3Si/c1-15(2,3)20-14(19)18-11-13(9-12(18)10-17)21-22(7,8)16(4,5)6/h12-13H,9-11H2,1-8H3/t12-,13+/m0/s1. The first-order valence-corrected chi connectivity index (χ1v) is 12.0. The molecule has 0 radical (unpaired) electrons. The fourth-order valence-electron chi connectivity index (χ4n) is 2.24. The molecule has 1 heterocycles. The highest BCUT2D eigenvalue weighted by Gasteiger charge is 2.44. The Balaban J connectivity index is 2.75. The van der Waals surface area contributed by atoms with Gasteiger partial charge in [-0.05, 0) is 45.3 Å². The molecule has 0 spiro atoms. The molecule has 6 heteroatoms. The maximum absolute atomic E-state index is 12.4. The van der Waals surface area contributed by atoms with Crippen LogP contribution in [-0.4, -0.2) is 48.9 Å². The molecule has 130 valence electrons. The summed E-state index contributed by atoms with van der Waals surface area (Å²) in [7, 11) is -1.82. The van der Waals surface area contributed by atoms with Gasteiger partial charge in [0.25, 0.3) is 0 Å². The smallest absolute Gasteiger partial charge is 0.410 e. The van der Waals surface area contributed by atoms with Crippen molar-refractivity contribution in [3.05, 3.63) is 0 Å². The minimum absolute atomic E-state index is 0.107. The van der Waals surface area contributed by atoms with Crippen LogP contribution >= 0.6 is 15.9 Å². The Kier molecular flexibility index (Phi) is 6.18. The first kappa shape index (κ1) is 20.0. The van der Waals surface area contributed by atoms with Gasteiger partial charge in [-0.25, -0.2) is 4.79 Å². The lowest BCUT2D eigenvalue weighted by molar-refractivity contribution is 0.0225. The predicted octanol–water partition coefficient (Wildman–Crippen LogP) is 4.78. The van der Waals surface area contributed by atoms with Gasteiger partial charge in [0.1, 0.15) is 5.60 Å². The van der Waals surface area contributed by atoms with Crippen LogP contribution < -0.4 is 0 Å². The molecule has 0 aromatic rings. The van der Waals surface area contributed by atoms with Crippen molar-refractivity contribution in [3.8, 4) is 0 Å². The number of hydrogen-bond acceptors (Lipinski definition) is 3. The molecule has 0 bridgehead atoms. The van der Waals surface area contributed by atoms with Crippen molar-refractivity contribution in [2.24, 2.45) is 0 Å². The monoisotopic (exact) mass is 393 g/mol. The summed E-state index contributed by atoms with van der Waals surface area (Å²) >= 11 is 3.52. The lowest BCUT2D eigenvalue weighted by atomic mass is 10.2. The van der Waals surface area contributed by atoms with E-state index >= 15 is 0 Å². The van der Waals surface area contributed by atoms with Crippen LogP contribution in [0, 0.1) is 0 Å². The van der Waals surface area contributed by atoms with Gasteiger partial charge in [0.15, 0.2) is 8.32 Å². The minimum Gasteiger partial charge on any atom is -0.444 e. The highest BCUT2D eigenvalue weighted by Crippen LogP contribution is 2.39. The zero-order valence-corrected chi connectivity index (χ0v) is 17.9.